The molecule has 2 aliphatic rings. The fourth-order valence-corrected chi connectivity index (χ4v) is 5.13. The lowest BCUT2D eigenvalue weighted by molar-refractivity contribution is 0.0448. The zero-order valence-corrected chi connectivity index (χ0v) is 16.5. The lowest BCUT2D eigenvalue weighted by Crippen LogP contribution is -2.48. The highest BCUT2D eigenvalue weighted by Crippen LogP contribution is 2.32. The van der Waals surface area contributed by atoms with Crippen LogP contribution in [0.2, 0.25) is 0 Å². The van der Waals surface area contributed by atoms with Gasteiger partial charge in [0.05, 0.1) is 0 Å². The van der Waals surface area contributed by atoms with E-state index < -0.39 is 5.91 Å². The minimum atomic E-state index is -0.435. The van der Waals surface area contributed by atoms with E-state index in [0.717, 1.165) is 42.0 Å². The third-order valence-corrected chi connectivity index (χ3v) is 6.56. The van der Waals surface area contributed by atoms with Gasteiger partial charge in [-0.2, -0.15) is 0 Å². The predicted octanol–water partition coefficient (Wildman–Crippen LogP) is 5.05. The standard InChI is InChI=1S/C24H30N2O2/c25-23(27)22-13-7-8-17-16-18(14-15-21(17)22)24(28)26(19-9-3-1-4-10-19)20-11-5-2-6-12-20/h7-8,13-16,19-20H,1-6,9-12H2,(H2,25,27). The minimum absolute atomic E-state index is 0.158. The summed E-state index contributed by atoms with van der Waals surface area (Å²) < 4.78 is 0. The molecular formula is C24H30N2O2. The Hall–Kier alpha value is -2.36. The van der Waals surface area contributed by atoms with Crippen molar-refractivity contribution in [3.05, 3.63) is 47.5 Å². The van der Waals surface area contributed by atoms with Crippen molar-refractivity contribution in [2.75, 3.05) is 0 Å². The summed E-state index contributed by atoms with van der Waals surface area (Å²) in [6.07, 6.45) is 12.0. The summed E-state index contributed by atoms with van der Waals surface area (Å²) in [5.74, 6) is -0.277. The van der Waals surface area contributed by atoms with Crippen LogP contribution < -0.4 is 5.73 Å². The number of carbonyl (C=O) groups is 2. The van der Waals surface area contributed by atoms with Crippen LogP contribution in [0, 0.1) is 0 Å². The molecule has 0 bridgehead atoms. The first kappa shape index (κ1) is 19.0. The Morgan fingerprint density at radius 1 is 0.821 bits per heavy atom. The van der Waals surface area contributed by atoms with E-state index in [1.54, 1.807) is 6.07 Å². The minimum Gasteiger partial charge on any atom is -0.366 e. The number of rotatable bonds is 4. The molecule has 2 aromatic rings. The quantitative estimate of drug-likeness (QED) is 0.809. The molecule has 0 aliphatic heterocycles. The molecule has 4 heteroatoms. The van der Waals surface area contributed by atoms with Crippen LogP contribution in [0.15, 0.2) is 36.4 Å². The maximum absolute atomic E-state index is 13.6. The molecule has 2 aliphatic carbocycles. The van der Waals surface area contributed by atoms with Crippen molar-refractivity contribution in [2.24, 2.45) is 5.73 Å². The molecule has 4 nitrogen and oxygen atoms in total. The van der Waals surface area contributed by atoms with Crippen LogP contribution >= 0.6 is 0 Å². The topological polar surface area (TPSA) is 63.4 Å². The predicted molar refractivity (Wildman–Crippen MR) is 112 cm³/mol. The number of hydrogen-bond donors (Lipinski definition) is 1. The van der Waals surface area contributed by atoms with Gasteiger partial charge in [-0.15, -0.1) is 0 Å². The Morgan fingerprint density at radius 3 is 2.00 bits per heavy atom. The SMILES string of the molecule is NC(=O)c1cccc2cc(C(=O)N(C3CCCCC3)C3CCCCC3)ccc12. The van der Waals surface area contributed by atoms with Gasteiger partial charge in [-0.05, 0) is 54.7 Å². The number of benzene rings is 2. The number of fused-ring (bicyclic) bond motifs is 1. The lowest BCUT2D eigenvalue weighted by atomic mass is 9.88. The van der Waals surface area contributed by atoms with E-state index in [0.29, 0.717) is 17.6 Å². The zero-order chi connectivity index (χ0) is 19.5. The molecule has 2 amide bonds. The molecule has 0 spiro atoms. The fourth-order valence-electron chi connectivity index (χ4n) is 5.13. The van der Waals surface area contributed by atoms with Gasteiger partial charge in [0.15, 0.2) is 0 Å². The van der Waals surface area contributed by atoms with Crippen LogP contribution in [0.25, 0.3) is 10.8 Å². The van der Waals surface area contributed by atoms with E-state index in [1.807, 2.05) is 30.3 Å². The highest BCUT2D eigenvalue weighted by molar-refractivity contribution is 6.08. The first-order chi connectivity index (χ1) is 13.6. The molecule has 0 radical (unpaired) electrons. The van der Waals surface area contributed by atoms with E-state index >= 15 is 0 Å². The molecule has 28 heavy (non-hydrogen) atoms. The second kappa shape index (κ2) is 8.34. The van der Waals surface area contributed by atoms with Gasteiger partial charge in [-0.25, -0.2) is 0 Å². The van der Waals surface area contributed by atoms with Crippen molar-refractivity contribution in [1.29, 1.82) is 0 Å². The number of hydrogen-bond acceptors (Lipinski definition) is 2. The summed E-state index contributed by atoms with van der Waals surface area (Å²) in [5.41, 5.74) is 6.74. The second-order valence-electron chi connectivity index (χ2n) is 8.40. The summed E-state index contributed by atoms with van der Waals surface area (Å²) in [7, 11) is 0. The van der Waals surface area contributed by atoms with Gasteiger partial charge in [0, 0.05) is 23.2 Å². The highest BCUT2D eigenvalue weighted by Gasteiger charge is 2.33. The number of amides is 2. The third-order valence-electron chi connectivity index (χ3n) is 6.56. The Morgan fingerprint density at radius 2 is 1.43 bits per heavy atom. The number of nitrogens with two attached hydrogens (primary N) is 1. The first-order valence-corrected chi connectivity index (χ1v) is 10.8. The number of carbonyl (C=O) groups excluding carboxylic acids is 2. The molecule has 4 rings (SSSR count). The van der Waals surface area contributed by atoms with E-state index in [2.05, 4.69) is 4.90 Å². The maximum Gasteiger partial charge on any atom is 0.254 e. The molecule has 2 N–H and O–H groups in total. The van der Waals surface area contributed by atoms with Crippen molar-refractivity contribution in [3.63, 3.8) is 0 Å². The summed E-state index contributed by atoms with van der Waals surface area (Å²) in [4.78, 5) is 27.6. The van der Waals surface area contributed by atoms with E-state index in [1.165, 1.54) is 38.5 Å². The summed E-state index contributed by atoms with van der Waals surface area (Å²) >= 11 is 0. The third kappa shape index (κ3) is 3.78. The normalized spacial score (nSPS) is 18.9. The number of primary amides is 1. The van der Waals surface area contributed by atoms with Crippen molar-refractivity contribution in [3.8, 4) is 0 Å². The highest BCUT2D eigenvalue weighted by atomic mass is 16.2. The molecule has 0 atom stereocenters. The first-order valence-electron chi connectivity index (χ1n) is 10.8. The molecule has 0 unspecified atom stereocenters. The van der Waals surface area contributed by atoms with Crippen molar-refractivity contribution < 1.29 is 9.59 Å². The molecule has 0 heterocycles. The van der Waals surface area contributed by atoms with Gasteiger partial charge in [-0.3, -0.25) is 9.59 Å². The molecule has 0 saturated heterocycles. The van der Waals surface area contributed by atoms with Crippen LogP contribution in [0.3, 0.4) is 0 Å². The summed E-state index contributed by atoms with van der Waals surface area (Å²) in [6.45, 7) is 0. The monoisotopic (exact) mass is 378 g/mol. The van der Waals surface area contributed by atoms with E-state index in [9.17, 15) is 9.59 Å². The van der Waals surface area contributed by atoms with Crippen molar-refractivity contribution >= 4 is 22.6 Å². The van der Waals surface area contributed by atoms with E-state index in [4.69, 9.17) is 5.73 Å². The van der Waals surface area contributed by atoms with Crippen LogP contribution in [0.4, 0.5) is 0 Å². The van der Waals surface area contributed by atoms with Crippen molar-refractivity contribution in [2.45, 2.75) is 76.3 Å². The largest absolute Gasteiger partial charge is 0.366 e. The van der Waals surface area contributed by atoms with Gasteiger partial charge in [0.25, 0.3) is 5.91 Å². The average molecular weight is 379 g/mol. The molecule has 0 aromatic heterocycles. The van der Waals surface area contributed by atoms with Gasteiger partial charge in [0.1, 0.15) is 0 Å². The van der Waals surface area contributed by atoms with Gasteiger partial charge in [-0.1, -0.05) is 56.7 Å². The summed E-state index contributed by atoms with van der Waals surface area (Å²) in [5, 5.41) is 1.71. The number of nitrogens with zero attached hydrogens (tertiary/aromatic N) is 1. The van der Waals surface area contributed by atoms with Crippen LogP contribution in [0.1, 0.15) is 84.9 Å². The Kier molecular flexibility index (Phi) is 5.65. The van der Waals surface area contributed by atoms with E-state index in [-0.39, 0.29) is 5.91 Å². The fraction of sp³-hybridized carbons (Fsp3) is 0.500. The van der Waals surface area contributed by atoms with Gasteiger partial charge in [0.2, 0.25) is 5.91 Å². The van der Waals surface area contributed by atoms with Crippen LogP contribution in [0.5, 0.6) is 0 Å². The van der Waals surface area contributed by atoms with Crippen LogP contribution in [-0.4, -0.2) is 28.8 Å². The summed E-state index contributed by atoms with van der Waals surface area (Å²) in [6, 6.07) is 11.9. The van der Waals surface area contributed by atoms with Gasteiger partial charge >= 0.3 is 0 Å². The second-order valence-corrected chi connectivity index (χ2v) is 8.40. The smallest absolute Gasteiger partial charge is 0.254 e. The molecular weight excluding hydrogens is 348 g/mol. The zero-order valence-electron chi connectivity index (χ0n) is 16.5. The molecule has 148 valence electrons. The van der Waals surface area contributed by atoms with Crippen LogP contribution in [-0.2, 0) is 0 Å². The lowest BCUT2D eigenvalue weighted by Gasteiger charge is -2.42. The molecule has 2 fully saturated rings. The Labute approximate surface area is 167 Å². The maximum atomic E-state index is 13.6. The average Bonchev–Trinajstić information content (AvgIpc) is 2.74. The van der Waals surface area contributed by atoms with Gasteiger partial charge < -0.3 is 10.6 Å². The Bertz CT molecular complexity index is 846. The Balaban J connectivity index is 1.68. The van der Waals surface area contributed by atoms with Crippen molar-refractivity contribution in [1.82, 2.24) is 4.90 Å². The molecule has 2 aromatic carbocycles. The molecule has 2 saturated carbocycles.